The predicted octanol–water partition coefficient (Wildman–Crippen LogP) is 5.67. The van der Waals surface area contributed by atoms with Crippen LogP contribution in [0.1, 0.15) is 33.9 Å². The Bertz CT molecular complexity index is 1310. The van der Waals surface area contributed by atoms with Gasteiger partial charge in [0.15, 0.2) is 6.61 Å². The molecular formula is C31H29FN2O2. The minimum atomic E-state index is -0.318. The minimum absolute atomic E-state index is 0.0977. The largest absolute Gasteiger partial charge is 0.484 e. The molecule has 1 aliphatic rings. The highest BCUT2D eigenvalue weighted by atomic mass is 19.1. The molecule has 1 aliphatic heterocycles. The summed E-state index contributed by atoms with van der Waals surface area (Å²) in [4.78, 5) is 14.9. The van der Waals surface area contributed by atoms with Gasteiger partial charge in [0.1, 0.15) is 11.6 Å². The Morgan fingerprint density at radius 3 is 2.42 bits per heavy atom. The Morgan fingerprint density at radius 1 is 0.889 bits per heavy atom. The second-order valence-electron chi connectivity index (χ2n) is 9.08. The zero-order valence-electron chi connectivity index (χ0n) is 20.1. The van der Waals surface area contributed by atoms with Crippen LogP contribution in [0.5, 0.6) is 5.75 Å². The number of benzene rings is 4. The molecule has 1 heterocycles. The Labute approximate surface area is 211 Å². The highest BCUT2D eigenvalue weighted by molar-refractivity contribution is 5.77. The van der Waals surface area contributed by atoms with Gasteiger partial charge in [0, 0.05) is 19.6 Å². The molecule has 0 aromatic heterocycles. The number of nitrogens with one attached hydrogen (secondary N) is 1. The maximum Gasteiger partial charge on any atom is 0.258 e. The van der Waals surface area contributed by atoms with Crippen molar-refractivity contribution in [1.29, 1.82) is 0 Å². The van der Waals surface area contributed by atoms with Crippen LogP contribution < -0.4 is 10.1 Å². The lowest BCUT2D eigenvalue weighted by Gasteiger charge is -2.38. The molecule has 0 aliphatic carbocycles. The van der Waals surface area contributed by atoms with E-state index in [4.69, 9.17) is 4.74 Å². The molecule has 1 N–H and O–H groups in total. The summed E-state index contributed by atoms with van der Waals surface area (Å²) in [6, 6.07) is 33.5. The Balaban J connectivity index is 1.31. The van der Waals surface area contributed by atoms with Crippen LogP contribution >= 0.6 is 0 Å². The summed E-state index contributed by atoms with van der Waals surface area (Å²) >= 11 is 0. The van der Waals surface area contributed by atoms with E-state index in [0.717, 1.165) is 19.5 Å². The van der Waals surface area contributed by atoms with E-state index in [1.54, 1.807) is 12.1 Å². The van der Waals surface area contributed by atoms with E-state index < -0.39 is 0 Å². The molecule has 5 rings (SSSR count). The van der Waals surface area contributed by atoms with Crippen molar-refractivity contribution in [2.75, 3.05) is 13.2 Å². The van der Waals surface area contributed by atoms with Gasteiger partial charge in [0.25, 0.3) is 5.91 Å². The van der Waals surface area contributed by atoms with E-state index in [-0.39, 0.29) is 30.9 Å². The first kappa shape index (κ1) is 23.8. The molecule has 1 amide bonds. The van der Waals surface area contributed by atoms with Crippen LogP contribution in [0.3, 0.4) is 0 Å². The number of carbonyl (C=O) groups is 1. The van der Waals surface area contributed by atoms with Crippen molar-refractivity contribution in [2.45, 2.75) is 25.6 Å². The van der Waals surface area contributed by atoms with Crippen LogP contribution in [0, 0.1) is 5.82 Å². The quantitative estimate of drug-likeness (QED) is 0.353. The van der Waals surface area contributed by atoms with E-state index in [9.17, 15) is 9.18 Å². The SMILES string of the molecule is O=C(COc1ccc2c(c1)C(c1ccccc1)N(Cc1ccccc1)CC2)NCc1cccc(F)c1. The number of amides is 1. The Hall–Kier alpha value is -3.96. The molecule has 0 saturated heterocycles. The zero-order valence-corrected chi connectivity index (χ0v) is 20.1. The summed E-state index contributed by atoms with van der Waals surface area (Å²) in [6.45, 7) is 1.98. The van der Waals surface area contributed by atoms with Gasteiger partial charge in [-0.2, -0.15) is 0 Å². The molecule has 36 heavy (non-hydrogen) atoms. The lowest BCUT2D eigenvalue weighted by molar-refractivity contribution is -0.123. The van der Waals surface area contributed by atoms with Gasteiger partial charge in [0.2, 0.25) is 0 Å². The van der Waals surface area contributed by atoms with Gasteiger partial charge in [-0.3, -0.25) is 9.69 Å². The summed E-state index contributed by atoms with van der Waals surface area (Å²) in [5.41, 5.74) is 5.74. The number of hydrogen-bond acceptors (Lipinski definition) is 3. The third-order valence-corrected chi connectivity index (χ3v) is 6.54. The summed E-state index contributed by atoms with van der Waals surface area (Å²) in [5, 5.41) is 2.79. The third kappa shape index (κ3) is 5.81. The van der Waals surface area contributed by atoms with E-state index >= 15 is 0 Å². The summed E-state index contributed by atoms with van der Waals surface area (Å²) < 4.78 is 19.2. The van der Waals surface area contributed by atoms with E-state index in [1.807, 2.05) is 18.2 Å². The van der Waals surface area contributed by atoms with Gasteiger partial charge in [-0.05, 0) is 58.5 Å². The van der Waals surface area contributed by atoms with Crippen molar-refractivity contribution >= 4 is 5.91 Å². The zero-order chi connectivity index (χ0) is 24.7. The number of ether oxygens (including phenoxy) is 1. The first-order valence-corrected chi connectivity index (χ1v) is 12.3. The van der Waals surface area contributed by atoms with Crippen molar-refractivity contribution in [2.24, 2.45) is 0 Å². The van der Waals surface area contributed by atoms with Crippen molar-refractivity contribution in [3.05, 3.63) is 137 Å². The molecule has 4 aromatic carbocycles. The molecule has 0 radical (unpaired) electrons. The fourth-order valence-corrected chi connectivity index (χ4v) is 4.80. The molecule has 0 bridgehead atoms. The van der Waals surface area contributed by atoms with Crippen LogP contribution in [0.2, 0.25) is 0 Å². The molecule has 5 heteroatoms. The van der Waals surface area contributed by atoms with Gasteiger partial charge < -0.3 is 10.1 Å². The van der Waals surface area contributed by atoms with Crippen LogP contribution in [0.25, 0.3) is 0 Å². The van der Waals surface area contributed by atoms with E-state index in [1.165, 1.54) is 34.4 Å². The number of rotatable bonds is 8. The van der Waals surface area contributed by atoms with Gasteiger partial charge in [-0.25, -0.2) is 4.39 Å². The lowest BCUT2D eigenvalue weighted by atomic mass is 9.87. The van der Waals surface area contributed by atoms with Crippen molar-refractivity contribution in [3.63, 3.8) is 0 Å². The fraction of sp³-hybridized carbons (Fsp3) is 0.194. The molecule has 4 aromatic rings. The van der Waals surface area contributed by atoms with Gasteiger partial charge >= 0.3 is 0 Å². The van der Waals surface area contributed by atoms with Crippen molar-refractivity contribution in [3.8, 4) is 5.75 Å². The summed E-state index contributed by atoms with van der Waals surface area (Å²) in [5.74, 6) is 0.0979. The standard InChI is InChI=1S/C31H29FN2O2/c32-27-13-7-10-24(18-27)20-33-30(35)22-36-28-15-14-25-16-17-34(21-23-8-3-1-4-9-23)31(29(25)19-28)26-11-5-2-6-12-26/h1-15,18-19,31H,16-17,20-22H2,(H,33,35). The van der Waals surface area contributed by atoms with Crippen molar-refractivity contribution in [1.82, 2.24) is 10.2 Å². The van der Waals surface area contributed by atoms with E-state index in [0.29, 0.717) is 11.3 Å². The number of fused-ring (bicyclic) bond motifs is 1. The van der Waals surface area contributed by atoms with Gasteiger partial charge in [-0.15, -0.1) is 0 Å². The molecule has 0 fully saturated rings. The average Bonchev–Trinajstić information content (AvgIpc) is 2.91. The normalized spacial score (nSPS) is 15.2. The highest BCUT2D eigenvalue weighted by Crippen LogP contribution is 2.37. The number of hydrogen-bond donors (Lipinski definition) is 1. The maximum atomic E-state index is 13.4. The topological polar surface area (TPSA) is 41.6 Å². The average molecular weight is 481 g/mol. The minimum Gasteiger partial charge on any atom is -0.484 e. The molecule has 1 unspecified atom stereocenters. The monoisotopic (exact) mass is 480 g/mol. The third-order valence-electron chi connectivity index (χ3n) is 6.54. The Kier molecular flexibility index (Phi) is 7.39. The van der Waals surface area contributed by atoms with Crippen LogP contribution in [0.15, 0.2) is 103 Å². The summed E-state index contributed by atoms with van der Waals surface area (Å²) in [7, 11) is 0. The number of nitrogens with zero attached hydrogens (tertiary/aromatic N) is 1. The highest BCUT2D eigenvalue weighted by Gasteiger charge is 2.29. The molecular weight excluding hydrogens is 451 g/mol. The number of carbonyl (C=O) groups excluding carboxylic acids is 1. The maximum absolute atomic E-state index is 13.4. The molecule has 4 nitrogen and oxygen atoms in total. The molecule has 1 atom stereocenters. The Morgan fingerprint density at radius 2 is 1.64 bits per heavy atom. The number of halogens is 1. The summed E-state index contributed by atoms with van der Waals surface area (Å²) in [6.07, 6.45) is 0.958. The van der Waals surface area contributed by atoms with Gasteiger partial charge in [0.05, 0.1) is 6.04 Å². The smallest absolute Gasteiger partial charge is 0.258 e. The predicted molar refractivity (Wildman–Crippen MR) is 139 cm³/mol. The molecule has 0 saturated carbocycles. The molecule has 182 valence electrons. The van der Waals surface area contributed by atoms with Crippen LogP contribution in [0.4, 0.5) is 4.39 Å². The lowest BCUT2D eigenvalue weighted by Crippen LogP contribution is -2.35. The van der Waals surface area contributed by atoms with Crippen LogP contribution in [-0.2, 0) is 24.3 Å². The van der Waals surface area contributed by atoms with Gasteiger partial charge in [-0.1, -0.05) is 78.9 Å². The van der Waals surface area contributed by atoms with Crippen molar-refractivity contribution < 1.29 is 13.9 Å². The fourth-order valence-electron chi connectivity index (χ4n) is 4.80. The molecule has 0 spiro atoms. The second-order valence-corrected chi connectivity index (χ2v) is 9.08. The first-order chi connectivity index (χ1) is 17.7. The first-order valence-electron chi connectivity index (χ1n) is 12.3. The second kappa shape index (κ2) is 11.2. The van der Waals surface area contributed by atoms with Crippen LogP contribution in [-0.4, -0.2) is 24.0 Å². The van der Waals surface area contributed by atoms with E-state index in [2.05, 4.69) is 70.9 Å².